The highest BCUT2D eigenvalue weighted by Crippen LogP contribution is 2.24. The van der Waals surface area contributed by atoms with Gasteiger partial charge in [0.1, 0.15) is 12.2 Å². The molecule has 0 aliphatic carbocycles. The molecule has 24 heavy (non-hydrogen) atoms. The molecule has 0 spiro atoms. The van der Waals surface area contributed by atoms with E-state index in [1.807, 2.05) is 12.4 Å². The van der Waals surface area contributed by atoms with Crippen LogP contribution in [0.5, 0.6) is 0 Å². The molecule has 1 atom stereocenters. The first-order valence-electron chi connectivity index (χ1n) is 9.13. The maximum atomic E-state index is 5.50. The smallest absolute Gasteiger partial charge is 0.137 e. The zero-order chi connectivity index (χ0) is 16.2. The summed E-state index contributed by atoms with van der Waals surface area (Å²) in [5.41, 5.74) is 1.15. The lowest BCUT2D eigenvalue weighted by molar-refractivity contribution is 0.140. The summed E-state index contributed by atoms with van der Waals surface area (Å²) in [6.45, 7) is 5.55. The van der Waals surface area contributed by atoms with Crippen molar-refractivity contribution in [3.8, 4) is 5.69 Å². The van der Waals surface area contributed by atoms with Crippen molar-refractivity contribution < 1.29 is 4.74 Å². The quantitative estimate of drug-likeness (QED) is 0.847. The van der Waals surface area contributed by atoms with Crippen LogP contribution in [-0.4, -0.2) is 52.5 Å². The Morgan fingerprint density at radius 1 is 1.04 bits per heavy atom. The zero-order valence-electron chi connectivity index (χ0n) is 14.2. The first kappa shape index (κ1) is 15.8. The molecule has 2 saturated heterocycles. The lowest BCUT2D eigenvalue weighted by Gasteiger charge is -2.33. The number of rotatable bonds is 5. The minimum Gasteiger partial charge on any atom is -0.381 e. The average molecular weight is 326 g/mol. The fourth-order valence-electron chi connectivity index (χ4n) is 3.93. The van der Waals surface area contributed by atoms with Gasteiger partial charge >= 0.3 is 0 Å². The second kappa shape index (κ2) is 7.45. The van der Waals surface area contributed by atoms with E-state index in [-0.39, 0.29) is 0 Å². The summed E-state index contributed by atoms with van der Waals surface area (Å²) in [4.78, 5) is 2.62. The van der Waals surface area contributed by atoms with Crippen molar-refractivity contribution in [3.63, 3.8) is 0 Å². The SMILES string of the molecule is c1ccc(-n2cnnc2CC2CCN(CC3CCOC3)CC2)cc1. The van der Waals surface area contributed by atoms with Gasteiger partial charge in [0.15, 0.2) is 0 Å². The van der Waals surface area contributed by atoms with Crippen molar-refractivity contribution in [3.05, 3.63) is 42.5 Å². The largest absolute Gasteiger partial charge is 0.381 e. The topological polar surface area (TPSA) is 43.2 Å². The molecule has 4 rings (SSSR count). The summed E-state index contributed by atoms with van der Waals surface area (Å²) < 4.78 is 7.63. The Hall–Kier alpha value is -1.72. The van der Waals surface area contributed by atoms with Crippen LogP contribution >= 0.6 is 0 Å². The number of hydrogen-bond donors (Lipinski definition) is 0. The molecular weight excluding hydrogens is 300 g/mol. The number of benzene rings is 1. The fourth-order valence-corrected chi connectivity index (χ4v) is 3.93. The molecule has 3 heterocycles. The molecule has 1 aromatic heterocycles. The summed E-state index contributed by atoms with van der Waals surface area (Å²) in [5.74, 6) is 2.55. The first-order chi connectivity index (χ1) is 11.9. The van der Waals surface area contributed by atoms with Crippen molar-refractivity contribution in [1.29, 1.82) is 0 Å². The first-order valence-corrected chi connectivity index (χ1v) is 9.13. The Labute approximate surface area is 143 Å². The van der Waals surface area contributed by atoms with E-state index in [2.05, 4.69) is 43.9 Å². The van der Waals surface area contributed by atoms with Gasteiger partial charge in [-0.1, -0.05) is 18.2 Å². The van der Waals surface area contributed by atoms with Gasteiger partial charge in [-0.3, -0.25) is 4.57 Å². The van der Waals surface area contributed by atoms with Gasteiger partial charge in [0.25, 0.3) is 0 Å². The minimum atomic E-state index is 0.716. The lowest BCUT2D eigenvalue weighted by atomic mass is 9.92. The summed E-state index contributed by atoms with van der Waals surface area (Å²) in [5, 5.41) is 8.51. The third-order valence-electron chi connectivity index (χ3n) is 5.37. The van der Waals surface area contributed by atoms with Crippen molar-refractivity contribution in [1.82, 2.24) is 19.7 Å². The predicted molar refractivity (Wildman–Crippen MR) is 93.2 cm³/mol. The highest BCUT2D eigenvalue weighted by atomic mass is 16.5. The molecule has 0 amide bonds. The van der Waals surface area contributed by atoms with Crippen molar-refractivity contribution >= 4 is 0 Å². The van der Waals surface area contributed by atoms with Gasteiger partial charge < -0.3 is 9.64 Å². The zero-order valence-corrected chi connectivity index (χ0v) is 14.2. The second-order valence-electron chi connectivity index (χ2n) is 7.13. The number of para-hydroxylation sites is 1. The number of nitrogens with zero attached hydrogens (tertiary/aromatic N) is 4. The number of likely N-dealkylation sites (tertiary alicyclic amines) is 1. The number of piperidine rings is 1. The summed E-state index contributed by atoms with van der Waals surface area (Å²) >= 11 is 0. The molecule has 2 aliphatic rings. The lowest BCUT2D eigenvalue weighted by Crippen LogP contribution is -2.37. The predicted octanol–water partition coefficient (Wildman–Crippen LogP) is 2.56. The van der Waals surface area contributed by atoms with E-state index < -0.39 is 0 Å². The molecule has 2 aliphatic heterocycles. The Morgan fingerprint density at radius 2 is 1.88 bits per heavy atom. The van der Waals surface area contributed by atoms with Crippen LogP contribution in [0.25, 0.3) is 5.69 Å². The maximum Gasteiger partial charge on any atom is 0.137 e. The molecule has 5 heteroatoms. The monoisotopic (exact) mass is 326 g/mol. The molecule has 2 fully saturated rings. The summed E-state index contributed by atoms with van der Waals surface area (Å²) in [6, 6.07) is 10.4. The Morgan fingerprint density at radius 3 is 2.62 bits per heavy atom. The standard InChI is InChI=1S/C19H26N4O/c1-2-4-18(5-3-1)23-15-20-21-19(23)12-16-6-9-22(10-7-16)13-17-8-11-24-14-17/h1-5,15-17H,6-14H2. The van der Waals surface area contributed by atoms with E-state index in [4.69, 9.17) is 4.74 Å². The normalized spacial score (nSPS) is 22.9. The van der Waals surface area contributed by atoms with Gasteiger partial charge in [0.05, 0.1) is 6.61 Å². The fraction of sp³-hybridized carbons (Fsp3) is 0.579. The van der Waals surface area contributed by atoms with Crippen LogP contribution in [-0.2, 0) is 11.2 Å². The van der Waals surface area contributed by atoms with Crippen molar-refractivity contribution in [2.75, 3.05) is 32.8 Å². The van der Waals surface area contributed by atoms with E-state index >= 15 is 0 Å². The van der Waals surface area contributed by atoms with Gasteiger partial charge in [-0.05, 0) is 56.3 Å². The van der Waals surface area contributed by atoms with Crippen molar-refractivity contribution in [2.24, 2.45) is 11.8 Å². The molecular formula is C19H26N4O. The van der Waals surface area contributed by atoms with E-state index in [0.29, 0.717) is 5.92 Å². The summed E-state index contributed by atoms with van der Waals surface area (Å²) in [6.07, 6.45) is 6.61. The van der Waals surface area contributed by atoms with E-state index in [1.54, 1.807) is 0 Å². The van der Waals surface area contributed by atoms with Crippen molar-refractivity contribution in [2.45, 2.75) is 25.7 Å². The number of ether oxygens (including phenoxy) is 1. The van der Waals surface area contributed by atoms with Crippen LogP contribution in [0.3, 0.4) is 0 Å². The molecule has 0 N–H and O–H groups in total. The molecule has 128 valence electrons. The third kappa shape index (κ3) is 3.68. The van der Waals surface area contributed by atoms with Crippen LogP contribution in [0, 0.1) is 11.8 Å². The van der Waals surface area contributed by atoms with Gasteiger partial charge in [0.2, 0.25) is 0 Å². The van der Waals surface area contributed by atoms with Crippen LogP contribution in [0.4, 0.5) is 0 Å². The minimum absolute atomic E-state index is 0.716. The van der Waals surface area contributed by atoms with Crippen LogP contribution in [0.15, 0.2) is 36.7 Å². The average Bonchev–Trinajstić information content (AvgIpc) is 3.29. The molecule has 0 saturated carbocycles. The number of aromatic nitrogens is 3. The summed E-state index contributed by atoms with van der Waals surface area (Å²) in [7, 11) is 0. The van der Waals surface area contributed by atoms with E-state index in [0.717, 1.165) is 37.1 Å². The van der Waals surface area contributed by atoms with E-state index in [1.165, 1.54) is 38.9 Å². The molecule has 2 aromatic rings. The Bertz CT molecular complexity index is 628. The van der Waals surface area contributed by atoms with Gasteiger partial charge in [0, 0.05) is 25.3 Å². The highest BCUT2D eigenvalue weighted by Gasteiger charge is 2.25. The molecule has 0 bridgehead atoms. The Kier molecular flexibility index (Phi) is 4.90. The third-order valence-corrected chi connectivity index (χ3v) is 5.37. The van der Waals surface area contributed by atoms with Gasteiger partial charge in [-0.15, -0.1) is 10.2 Å². The molecule has 5 nitrogen and oxygen atoms in total. The highest BCUT2D eigenvalue weighted by molar-refractivity contribution is 5.32. The number of hydrogen-bond acceptors (Lipinski definition) is 4. The van der Waals surface area contributed by atoms with Crippen LogP contribution in [0.2, 0.25) is 0 Å². The molecule has 0 radical (unpaired) electrons. The Balaban J connectivity index is 1.32. The van der Waals surface area contributed by atoms with Crippen LogP contribution < -0.4 is 0 Å². The van der Waals surface area contributed by atoms with Gasteiger partial charge in [-0.25, -0.2) is 0 Å². The maximum absolute atomic E-state index is 5.50. The van der Waals surface area contributed by atoms with Crippen LogP contribution in [0.1, 0.15) is 25.1 Å². The van der Waals surface area contributed by atoms with E-state index in [9.17, 15) is 0 Å². The second-order valence-corrected chi connectivity index (χ2v) is 7.13. The van der Waals surface area contributed by atoms with Gasteiger partial charge in [-0.2, -0.15) is 0 Å². The molecule has 1 aromatic carbocycles. The molecule has 1 unspecified atom stereocenters.